The van der Waals surface area contributed by atoms with Gasteiger partial charge in [-0.15, -0.1) is 0 Å². The molecule has 0 saturated carbocycles. The molecule has 1 fully saturated rings. The Morgan fingerprint density at radius 3 is 2.80 bits per heavy atom. The van der Waals surface area contributed by atoms with Crippen molar-refractivity contribution in [1.29, 1.82) is 0 Å². The predicted molar refractivity (Wildman–Crippen MR) is 95.9 cm³/mol. The number of esters is 1. The first-order valence-electron chi connectivity index (χ1n) is 8.41. The van der Waals surface area contributed by atoms with E-state index in [9.17, 15) is 9.59 Å². The number of ether oxygens (including phenoxy) is 1. The van der Waals surface area contributed by atoms with E-state index in [1.54, 1.807) is 23.1 Å². The fourth-order valence-corrected chi connectivity index (χ4v) is 3.23. The van der Waals surface area contributed by atoms with Gasteiger partial charge in [0.2, 0.25) is 0 Å². The van der Waals surface area contributed by atoms with Gasteiger partial charge in [0.05, 0.1) is 5.52 Å². The number of aromatic amines is 1. The first-order chi connectivity index (χ1) is 11.7. The highest BCUT2D eigenvalue weighted by Gasteiger charge is 2.35. The minimum Gasteiger partial charge on any atom is -0.458 e. The second-order valence-electron chi connectivity index (χ2n) is 7.27. The number of fused-ring (bicyclic) bond motifs is 1. The van der Waals surface area contributed by atoms with E-state index in [1.165, 1.54) is 0 Å². The Labute approximate surface area is 151 Å². The molecule has 2 aromatic rings. The van der Waals surface area contributed by atoms with Gasteiger partial charge in [-0.1, -0.05) is 0 Å². The second kappa shape index (κ2) is 6.63. The number of oxazole rings is 1. The Morgan fingerprint density at radius 2 is 2.08 bits per heavy atom. The summed E-state index contributed by atoms with van der Waals surface area (Å²) in [5.74, 6) is -0.541. The lowest BCUT2D eigenvalue weighted by molar-refractivity contribution is -0.161. The number of carbonyl (C=O) groups excluding carboxylic acids is 2. The van der Waals surface area contributed by atoms with E-state index in [1.807, 2.05) is 20.8 Å². The Kier molecular flexibility index (Phi) is 4.69. The molecule has 3 rings (SSSR count). The molecular weight excluding hydrogens is 340 g/mol. The van der Waals surface area contributed by atoms with E-state index in [-0.39, 0.29) is 16.7 Å². The fourth-order valence-electron chi connectivity index (χ4n) is 3.03. The summed E-state index contributed by atoms with van der Waals surface area (Å²) in [6, 6.07) is 4.58. The van der Waals surface area contributed by atoms with Gasteiger partial charge < -0.3 is 19.0 Å². The van der Waals surface area contributed by atoms with Crippen molar-refractivity contribution < 1.29 is 18.7 Å². The van der Waals surface area contributed by atoms with Crippen LogP contribution in [0.3, 0.4) is 0 Å². The van der Waals surface area contributed by atoms with Crippen LogP contribution in [0.5, 0.6) is 0 Å². The highest BCUT2D eigenvalue weighted by Crippen LogP contribution is 2.24. The maximum absolute atomic E-state index is 13.0. The van der Waals surface area contributed by atoms with Crippen molar-refractivity contribution in [2.45, 2.75) is 51.7 Å². The first kappa shape index (κ1) is 17.7. The molecule has 1 amide bonds. The van der Waals surface area contributed by atoms with Crippen LogP contribution in [-0.4, -0.2) is 39.9 Å². The standard InChI is InChI=1S/C18H22N2O4S/c1-18(2,3)24-16(22)13-6-4-5-9-20(13)15(21)11-7-8-12-14(10-11)23-17(25)19-12/h7-8,10,13H,4-6,9H2,1-3H3,(H,19,25)/t13-/m1/s1. The lowest BCUT2D eigenvalue weighted by Crippen LogP contribution is -2.50. The van der Waals surface area contributed by atoms with Crippen LogP contribution in [0.2, 0.25) is 0 Å². The molecule has 0 aliphatic carbocycles. The number of H-pyrrole nitrogens is 1. The van der Waals surface area contributed by atoms with Gasteiger partial charge in [-0.25, -0.2) is 4.79 Å². The quantitative estimate of drug-likeness (QED) is 0.649. The molecule has 1 atom stereocenters. The van der Waals surface area contributed by atoms with Gasteiger partial charge in [-0.2, -0.15) is 0 Å². The molecule has 1 aliphatic rings. The van der Waals surface area contributed by atoms with Gasteiger partial charge in [0.15, 0.2) is 5.58 Å². The average molecular weight is 362 g/mol. The SMILES string of the molecule is CC(C)(C)OC(=O)[C@H]1CCCCN1C(=O)c1ccc2[nH]c(=S)oc2c1. The molecule has 134 valence electrons. The smallest absolute Gasteiger partial charge is 0.329 e. The summed E-state index contributed by atoms with van der Waals surface area (Å²) in [5.41, 5.74) is 1.16. The number of piperidine rings is 1. The molecule has 25 heavy (non-hydrogen) atoms. The van der Waals surface area contributed by atoms with Crippen molar-refractivity contribution in [1.82, 2.24) is 9.88 Å². The fraction of sp³-hybridized carbons (Fsp3) is 0.500. The van der Waals surface area contributed by atoms with Crippen LogP contribution in [0.1, 0.15) is 50.4 Å². The number of rotatable bonds is 2. The predicted octanol–water partition coefficient (Wildman–Crippen LogP) is 3.83. The van der Waals surface area contributed by atoms with Crippen LogP contribution in [0.15, 0.2) is 22.6 Å². The summed E-state index contributed by atoms with van der Waals surface area (Å²) in [7, 11) is 0. The van der Waals surface area contributed by atoms with Gasteiger partial charge in [0, 0.05) is 12.1 Å². The van der Waals surface area contributed by atoms with Crippen LogP contribution in [0.4, 0.5) is 0 Å². The lowest BCUT2D eigenvalue weighted by Gasteiger charge is -2.35. The molecule has 7 heteroatoms. The van der Waals surface area contributed by atoms with E-state index in [4.69, 9.17) is 21.4 Å². The molecule has 6 nitrogen and oxygen atoms in total. The number of hydrogen-bond acceptors (Lipinski definition) is 5. The third kappa shape index (κ3) is 3.92. The number of likely N-dealkylation sites (tertiary alicyclic amines) is 1. The monoisotopic (exact) mass is 362 g/mol. The summed E-state index contributed by atoms with van der Waals surface area (Å²) >= 11 is 4.97. The van der Waals surface area contributed by atoms with Crippen molar-refractivity contribution in [2.75, 3.05) is 6.54 Å². The number of carbonyl (C=O) groups is 2. The highest BCUT2D eigenvalue weighted by molar-refractivity contribution is 7.71. The highest BCUT2D eigenvalue weighted by atomic mass is 32.1. The van der Waals surface area contributed by atoms with Crippen molar-refractivity contribution in [3.63, 3.8) is 0 Å². The van der Waals surface area contributed by atoms with Crippen molar-refractivity contribution >= 4 is 35.2 Å². The molecule has 2 heterocycles. The van der Waals surface area contributed by atoms with Crippen LogP contribution in [-0.2, 0) is 9.53 Å². The molecule has 0 spiro atoms. The minimum absolute atomic E-state index is 0.195. The van der Waals surface area contributed by atoms with Crippen LogP contribution < -0.4 is 0 Å². The minimum atomic E-state index is -0.577. The zero-order valence-corrected chi connectivity index (χ0v) is 15.4. The molecule has 0 radical (unpaired) electrons. The summed E-state index contributed by atoms with van der Waals surface area (Å²) < 4.78 is 10.9. The largest absolute Gasteiger partial charge is 0.458 e. The molecular formula is C18H22N2O4S. The van der Waals surface area contributed by atoms with Gasteiger partial charge in [0.25, 0.3) is 10.7 Å². The first-order valence-corrected chi connectivity index (χ1v) is 8.82. The van der Waals surface area contributed by atoms with Gasteiger partial charge in [-0.05, 0) is 70.5 Å². The zero-order valence-electron chi connectivity index (χ0n) is 14.6. The average Bonchev–Trinajstić information content (AvgIpc) is 2.91. The van der Waals surface area contributed by atoms with E-state index in [0.29, 0.717) is 24.1 Å². The van der Waals surface area contributed by atoms with Crippen LogP contribution in [0.25, 0.3) is 11.1 Å². The molecule has 1 aromatic heterocycles. The van der Waals surface area contributed by atoms with Crippen molar-refractivity contribution in [3.8, 4) is 0 Å². The number of nitrogens with zero attached hydrogens (tertiary/aromatic N) is 1. The number of nitrogens with one attached hydrogen (secondary N) is 1. The maximum atomic E-state index is 13.0. The number of hydrogen-bond donors (Lipinski definition) is 1. The molecule has 1 saturated heterocycles. The third-order valence-electron chi connectivity index (χ3n) is 4.11. The summed E-state index contributed by atoms with van der Waals surface area (Å²) in [6.45, 7) is 6.02. The van der Waals surface area contributed by atoms with Crippen molar-refractivity contribution in [3.05, 3.63) is 28.6 Å². The normalized spacial score (nSPS) is 18.4. The van der Waals surface area contributed by atoms with Gasteiger partial charge in [-0.3, -0.25) is 4.79 Å². The lowest BCUT2D eigenvalue weighted by atomic mass is 10.0. The Hall–Kier alpha value is -2.15. The van der Waals surface area contributed by atoms with E-state index in [2.05, 4.69) is 4.98 Å². The van der Waals surface area contributed by atoms with E-state index in [0.717, 1.165) is 18.4 Å². The molecule has 0 unspecified atom stereocenters. The Bertz CT molecular complexity index is 862. The third-order valence-corrected chi connectivity index (χ3v) is 4.30. The van der Waals surface area contributed by atoms with Crippen LogP contribution in [0, 0.1) is 4.84 Å². The molecule has 1 aliphatic heterocycles. The molecule has 1 aromatic carbocycles. The topological polar surface area (TPSA) is 75.5 Å². The summed E-state index contributed by atoms with van der Waals surface area (Å²) in [5, 5.41) is 0. The second-order valence-corrected chi connectivity index (χ2v) is 7.64. The molecule has 0 bridgehead atoms. The number of amides is 1. The number of aromatic nitrogens is 1. The van der Waals surface area contributed by atoms with Crippen LogP contribution >= 0.6 is 12.2 Å². The van der Waals surface area contributed by atoms with Gasteiger partial charge >= 0.3 is 5.97 Å². The summed E-state index contributed by atoms with van der Waals surface area (Å²) in [6.07, 6.45) is 2.39. The molecule has 1 N–H and O–H groups in total. The maximum Gasteiger partial charge on any atom is 0.329 e. The van der Waals surface area contributed by atoms with Gasteiger partial charge in [0.1, 0.15) is 11.6 Å². The number of benzene rings is 1. The van der Waals surface area contributed by atoms with Crippen molar-refractivity contribution in [2.24, 2.45) is 0 Å². The summed E-state index contributed by atoms with van der Waals surface area (Å²) in [4.78, 5) is 30.3. The Balaban J connectivity index is 1.86. The Morgan fingerprint density at radius 1 is 1.32 bits per heavy atom. The van der Waals surface area contributed by atoms with E-state index >= 15 is 0 Å². The van der Waals surface area contributed by atoms with E-state index < -0.39 is 11.6 Å². The zero-order chi connectivity index (χ0) is 18.2.